The van der Waals surface area contributed by atoms with Crippen LogP contribution in [-0.2, 0) is 39.8 Å². The van der Waals surface area contributed by atoms with Gasteiger partial charge in [-0.05, 0) is 49.5 Å². The second-order valence-corrected chi connectivity index (χ2v) is 17.4. The zero-order valence-electron chi connectivity index (χ0n) is 37.3. The van der Waals surface area contributed by atoms with E-state index in [1.54, 1.807) is 39.3 Å². The van der Waals surface area contributed by atoms with E-state index in [0.717, 1.165) is 17.0 Å². The summed E-state index contributed by atoms with van der Waals surface area (Å²) < 4.78 is 17.2. The van der Waals surface area contributed by atoms with Crippen molar-refractivity contribution >= 4 is 41.1 Å². The number of nitrogens with one attached hydrogen (secondary N) is 2. The van der Waals surface area contributed by atoms with Gasteiger partial charge in [0, 0.05) is 46.4 Å². The Bertz CT molecular complexity index is 1630. The van der Waals surface area contributed by atoms with Gasteiger partial charge in [-0.25, -0.2) is 9.78 Å². The summed E-state index contributed by atoms with van der Waals surface area (Å²) in [5.74, 6) is -2.32. The Labute approximate surface area is 356 Å². The molecule has 330 valence electrons. The first-order valence-electron chi connectivity index (χ1n) is 21.1. The topological polar surface area (TPSA) is 160 Å². The van der Waals surface area contributed by atoms with Gasteiger partial charge in [-0.2, -0.15) is 0 Å². The lowest BCUT2D eigenvalue weighted by Gasteiger charge is -2.41. The van der Waals surface area contributed by atoms with E-state index < -0.39 is 48.3 Å². The Balaban J connectivity index is 1.80. The van der Waals surface area contributed by atoms with Crippen LogP contribution >= 0.6 is 11.3 Å². The summed E-state index contributed by atoms with van der Waals surface area (Å²) in [7, 11) is 6.34. The molecule has 59 heavy (non-hydrogen) atoms. The van der Waals surface area contributed by atoms with E-state index in [0.29, 0.717) is 25.8 Å². The van der Waals surface area contributed by atoms with Crippen LogP contribution in [0, 0.1) is 23.7 Å². The minimum Gasteiger partial charge on any atom is -0.450 e. The van der Waals surface area contributed by atoms with Crippen molar-refractivity contribution in [3.63, 3.8) is 0 Å². The number of ether oxygens (including phenoxy) is 3. The quantitative estimate of drug-likeness (QED) is 0.151. The number of benzene rings is 1. The van der Waals surface area contributed by atoms with Gasteiger partial charge in [0.2, 0.25) is 23.6 Å². The second kappa shape index (κ2) is 23.6. The van der Waals surface area contributed by atoms with Gasteiger partial charge < -0.3 is 34.6 Å². The molecular formula is C44H70N6O8S. The summed E-state index contributed by atoms with van der Waals surface area (Å²) in [5.41, 5.74) is 1.08. The Hall–Kier alpha value is -4.08. The number of hydrogen-bond acceptors (Lipinski definition) is 10. The van der Waals surface area contributed by atoms with Gasteiger partial charge in [-0.3, -0.25) is 24.1 Å². The Morgan fingerprint density at radius 3 is 2.14 bits per heavy atom. The van der Waals surface area contributed by atoms with Gasteiger partial charge in [0.15, 0.2) is 0 Å². The maximum absolute atomic E-state index is 14.4. The fraction of sp³-hybridized carbons (Fsp3) is 0.682. The van der Waals surface area contributed by atoms with Gasteiger partial charge in [0.05, 0.1) is 49.3 Å². The summed E-state index contributed by atoms with van der Waals surface area (Å²) >= 11 is 1.49. The van der Waals surface area contributed by atoms with Crippen LogP contribution in [0.5, 0.6) is 0 Å². The van der Waals surface area contributed by atoms with Crippen LogP contribution in [0.2, 0.25) is 0 Å². The van der Waals surface area contributed by atoms with E-state index in [2.05, 4.69) is 15.6 Å². The van der Waals surface area contributed by atoms with E-state index in [1.165, 1.54) is 23.3 Å². The number of aromatic nitrogens is 1. The molecule has 2 aromatic rings. The average molecular weight is 843 g/mol. The molecule has 5 amide bonds. The van der Waals surface area contributed by atoms with Gasteiger partial charge in [0.1, 0.15) is 17.1 Å². The van der Waals surface area contributed by atoms with Crippen LogP contribution in [0.1, 0.15) is 97.7 Å². The zero-order valence-corrected chi connectivity index (χ0v) is 38.1. The standard InChI is InChI=1S/C44H70N6O8S/c1-13-29(7)38(48(9)43(54)36(27(3)4)47-41(53)37(28(5)6)49(10)44(55)58-14-2)34(56-11)26-35(51)50-23-18-21-33(50)39(57-12)30(8)40(52)46-32(42-45-22-24-59-42)25-31-19-16-15-17-20-31/h15-17,19-20,22,24,27-30,32-34,36-39H,13-14,18,21,23,25-26H2,1-12H3,(H,46,52)(H,47,53)/t29-,30+,32-,33-,34+,36-,37-,38-,39+/m0/s1. The van der Waals surface area contributed by atoms with Crippen molar-refractivity contribution in [3.8, 4) is 0 Å². The summed E-state index contributed by atoms with van der Waals surface area (Å²) in [4.78, 5) is 78.2. The van der Waals surface area contributed by atoms with Crippen LogP contribution in [0.15, 0.2) is 41.9 Å². The first kappa shape index (κ1) is 49.3. The van der Waals surface area contributed by atoms with Crippen LogP contribution < -0.4 is 10.6 Å². The molecular weight excluding hydrogens is 773 g/mol. The zero-order chi connectivity index (χ0) is 44.0. The third-order valence-electron chi connectivity index (χ3n) is 11.7. The van der Waals surface area contributed by atoms with Crippen LogP contribution in [0.4, 0.5) is 4.79 Å². The first-order valence-corrected chi connectivity index (χ1v) is 22.0. The molecule has 2 N–H and O–H groups in total. The third kappa shape index (κ3) is 13.0. The molecule has 1 fully saturated rings. The third-order valence-corrected chi connectivity index (χ3v) is 12.6. The maximum atomic E-state index is 14.4. The normalized spacial score (nSPS) is 18.3. The number of likely N-dealkylation sites (tertiary alicyclic amines) is 1. The SMILES string of the molecule is CCOC(=O)N(C)[C@H](C(=O)N[C@H](C(=O)N(C)[C@@H]([C@@H](C)CC)[C@@H](CC(=O)N1CCC[C@H]1[C@H](OC)[C@@H](C)C(=O)N[C@@H](Cc1ccccc1)c1nccs1)OC)C(C)C)C(C)C. The molecule has 2 heterocycles. The predicted octanol–water partition coefficient (Wildman–Crippen LogP) is 5.72. The fourth-order valence-electron chi connectivity index (χ4n) is 8.30. The van der Waals surface area contributed by atoms with E-state index in [9.17, 15) is 24.0 Å². The molecule has 1 saturated heterocycles. The highest BCUT2D eigenvalue weighted by Crippen LogP contribution is 2.30. The molecule has 9 atom stereocenters. The van der Waals surface area contributed by atoms with E-state index in [-0.39, 0.29) is 60.6 Å². The molecule has 0 unspecified atom stereocenters. The van der Waals surface area contributed by atoms with Crippen molar-refractivity contribution in [2.24, 2.45) is 23.7 Å². The van der Waals surface area contributed by atoms with Gasteiger partial charge >= 0.3 is 6.09 Å². The Kier molecular flexibility index (Phi) is 19.7. The predicted molar refractivity (Wildman–Crippen MR) is 229 cm³/mol. The molecule has 14 nitrogen and oxygen atoms in total. The molecule has 0 spiro atoms. The molecule has 3 rings (SSSR count). The largest absolute Gasteiger partial charge is 0.450 e. The molecule has 1 aliphatic rings. The molecule has 0 bridgehead atoms. The number of hydrogen-bond donors (Lipinski definition) is 2. The van der Waals surface area contributed by atoms with Crippen molar-refractivity contribution < 1.29 is 38.2 Å². The number of likely N-dealkylation sites (N-methyl/N-ethyl adjacent to an activating group) is 2. The van der Waals surface area contributed by atoms with Gasteiger partial charge in [0.25, 0.3) is 0 Å². The lowest BCUT2D eigenvalue weighted by Crippen LogP contribution is -2.60. The number of carbonyl (C=O) groups excluding carboxylic acids is 5. The van der Waals surface area contributed by atoms with Crippen molar-refractivity contribution in [1.29, 1.82) is 0 Å². The average Bonchev–Trinajstić information content (AvgIpc) is 3.93. The van der Waals surface area contributed by atoms with Crippen molar-refractivity contribution in [1.82, 2.24) is 30.3 Å². The van der Waals surface area contributed by atoms with E-state index >= 15 is 0 Å². The number of amides is 5. The minimum atomic E-state index is -0.912. The van der Waals surface area contributed by atoms with Crippen LogP contribution in [0.25, 0.3) is 0 Å². The highest BCUT2D eigenvalue weighted by molar-refractivity contribution is 7.09. The maximum Gasteiger partial charge on any atom is 0.410 e. The summed E-state index contributed by atoms with van der Waals surface area (Å²) in [6, 6.07) is 7.00. The molecule has 1 aromatic carbocycles. The van der Waals surface area contributed by atoms with E-state index in [4.69, 9.17) is 14.2 Å². The fourth-order valence-corrected chi connectivity index (χ4v) is 8.99. The summed E-state index contributed by atoms with van der Waals surface area (Å²) in [6.45, 7) is 15.6. The van der Waals surface area contributed by atoms with Gasteiger partial charge in [-0.1, -0.05) is 85.2 Å². The Morgan fingerprint density at radius 2 is 1.59 bits per heavy atom. The smallest absolute Gasteiger partial charge is 0.410 e. The molecule has 1 aliphatic heterocycles. The number of thiazole rings is 1. The molecule has 0 saturated carbocycles. The molecule has 0 aliphatic carbocycles. The number of nitrogens with zero attached hydrogens (tertiary/aromatic N) is 4. The Morgan fingerprint density at radius 1 is 0.915 bits per heavy atom. The van der Waals surface area contributed by atoms with Crippen molar-refractivity contribution in [3.05, 3.63) is 52.5 Å². The minimum absolute atomic E-state index is 0.00169. The highest BCUT2D eigenvalue weighted by atomic mass is 32.1. The lowest BCUT2D eigenvalue weighted by atomic mass is 9.89. The first-order chi connectivity index (χ1) is 28.0. The van der Waals surface area contributed by atoms with Crippen molar-refractivity contribution in [2.75, 3.05) is 41.5 Å². The van der Waals surface area contributed by atoms with Crippen LogP contribution in [-0.4, -0.2) is 127 Å². The number of rotatable bonds is 22. The highest BCUT2D eigenvalue weighted by Gasteiger charge is 2.43. The lowest BCUT2D eigenvalue weighted by molar-refractivity contribution is -0.148. The molecule has 15 heteroatoms. The number of methoxy groups -OCH3 is 2. The van der Waals surface area contributed by atoms with Crippen molar-refractivity contribution in [2.45, 2.75) is 130 Å². The summed E-state index contributed by atoms with van der Waals surface area (Å²) in [5, 5.41) is 8.88. The second-order valence-electron chi connectivity index (χ2n) is 16.4. The van der Waals surface area contributed by atoms with Gasteiger partial charge in [-0.15, -0.1) is 11.3 Å². The number of carbonyl (C=O) groups is 5. The van der Waals surface area contributed by atoms with Crippen LogP contribution in [0.3, 0.4) is 0 Å². The van der Waals surface area contributed by atoms with E-state index in [1.807, 2.05) is 89.1 Å². The molecule has 1 aromatic heterocycles. The molecule has 0 radical (unpaired) electrons. The summed E-state index contributed by atoms with van der Waals surface area (Å²) in [6.07, 6.45) is 2.58. The monoisotopic (exact) mass is 842 g/mol.